The fraction of sp³-hybridized carbons (Fsp3) is 0.182. The molecule has 2 aromatic carbocycles. The largest absolute Gasteiger partial charge is 0.416 e. The molecule has 2 amide bonds. The van der Waals surface area contributed by atoms with Gasteiger partial charge < -0.3 is 4.57 Å². The van der Waals surface area contributed by atoms with Crippen LogP contribution in [0.2, 0.25) is 0 Å². The highest BCUT2D eigenvalue weighted by atomic mass is 32.2. The van der Waals surface area contributed by atoms with Gasteiger partial charge in [-0.05, 0) is 50.2 Å². The zero-order valence-electron chi connectivity index (χ0n) is 18.1. The van der Waals surface area contributed by atoms with Crippen molar-refractivity contribution in [2.24, 2.45) is 0 Å². The van der Waals surface area contributed by atoms with Crippen LogP contribution in [0.4, 0.5) is 13.2 Å². The molecule has 34 heavy (non-hydrogen) atoms. The van der Waals surface area contributed by atoms with E-state index in [-0.39, 0.29) is 0 Å². The van der Waals surface area contributed by atoms with Gasteiger partial charge in [0.1, 0.15) is 0 Å². The predicted octanol–water partition coefficient (Wildman–Crippen LogP) is 2.85. The van der Waals surface area contributed by atoms with Gasteiger partial charge in [-0.15, -0.1) is 0 Å². The number of nitrogens with zero attached hydrogens (tertiary/aromatic N) is 1. The van der Waals surface area contributed by atoms with Crippen LogP contribution < -0.4 is 15.6 Å². The van der Waals surface area contributed by atoms with Crippen molar-refractivity contribution in [2.45, 2.75) is 24.9 Å². The van der Waals surface area contributed by atoms with Crippen LogP contribution in [0, 0.1) is 13.8 Å². The van der Waals surface area contributed by atoms with E-state index in [1.54, 1.807) is 13.0 Å². The molecule has 0 radical (unpaired) electrons. The number of aromatic nitrogens is 1. The number of carbonyl (C=O) groups excluding carboxylic acids is 2. The highest BCUT2D eigenvalue weighted by molar-refractivity contribution is 7.89. The summed E-state index contributed by atoms with van der Waals surface area (Å²) >= 11 is 0. The van der Waals surface area contributed by atoms with Crippen molar-refractivity contribution < 1.29 is 31.2 Å². The number of hydrogen-bond acceptors (Lipinski definition) is 4. The second-order valence-electron chi connectivity index (χ2n) is 7.31. The van der Waals surface area contributed by atoms with E-state index >= 15 is 0 Å². The second-order valence-corrected chi connectivity index (χ2v) is 9.08. The van der Waals surface area contributed by atoms with Crippen LogP contribution in [0.15, 0.2) is 65.6 Å². The Balaban J connectivity index is 1.61. The highest BCUT2D eigenvalue weighted by Crippen LogP contribution is 2.30. The Morgan fingerprint density at radius 2 is 1.62 bits per heavy atom. The average molecular weight is 494 g/mol. The van der Waals surface area contributed by atoms with Gasteiger partial charge in [-0.1, -0.05) is 24.3 Å². The molecule has 8 nitrogen and oxygen atoms in total. The molecule has 0 spiro atoms. The molecule has 0 unspecified atom stereocenters. The Bertz CT molecular complexity index is 1320. The first-order valence-electron chi connectivity index (χ1n) is 9.90. The number of hydrazine groups is 1. The summed E-state index contributed by atoms with van der Waals surface area (Å²) < 4.78 is 66.7. The molecule has 0 saturated heterocycles. The average Bonchev–Trinajstić information content (AvgIpc) is 3.10. The summed E-state index contributed by atoms with van der Waals surface area (Å²) in [7, 11) is -4.40. The van der Waals surface area contributed by atoms with Crippen LogP contribution in [0.1, 0.15) is 27.3 Å². The number of benzene rings is 2. The molecule has 1 heterocycles. The number of rotatable bonds is 6. The van der Waals surface area contributed by atoms with Gasteiger partial charge in [0.25, 0.3) is 11.8 Å². The van der Waals surface area contributed by atoms with Crippen molar-refractivity contribution in [3.05, 3.63) is 83.2 Å². The van der Waals surface area contributed by atoms with Gasteiger partial charge in [0.15, 0.2) is 0 Å². The van der Waals surface area contributed by atoms with Gasteiger partial charge in [-0.3, -0.25) is 20.4 Å². The van der Waals surface area contributed by atoms with Crippen molar-refractivity contribution in [1.29, 1.82) is 0 Å². The molecule has 0 aliphatic carbocycles. The molecule has 0 atom stereocenters. The Labute approximate surface area is 193 Å². The number of nitrogens with one attached hydrogen (secondary N) is 3. The van der Waals surface area contributed by atoms with Crippen molar-refractivity contribution >= 4 is 21.8 Å². The van der Waals surface area contributed by atoms with E-state index in [9.17, 15) is 31.2 Å². The summed E-state index contributed by atoms with van der Waals surface area (Å²) in [5.74, 6) is -1.54. The lowest BCUT2D eigenvalue weighted by atomic mass is 10.2. The molecule has 0 saturated carbocycles. The Morgan fingerprint density at radius 1 is 0.941 bits per heavy atom. The molecule has 3 aromatic rings. The van der Waals surface area contributed by atoms with Crippen LogP contribution >= 0.6 is 0 Å². The summed E-state index contributed by atoms with van der Waals surface area (Å²) in [5, 5.41) is 0. The van der Waals surface area contributed by atoms with E-state index in [4.69, 9.17) is 0 Å². The fourth-order valence-corrected chi connectivity index (χ4v) is 4.32. The number of hydrogen-bond donors (Lipinski definition) is 3. The molecule has 180 valence electrons. The third-order valence-electron chi connectivity index (χ3n) is 4.90. The molecular formula is C22H21F3N4O4S. The first-order valence-corrected chi connectivity index (χ1v) is 11.4. The van der Waals surface area contributed by atoms with E-state index in [0.717, 1.165) is 29.6 Å². The van der Waals surface area contributed by atoms with E-state index in [0.29, 0.717) is 17.3 Å². The highest BCUT2D eigenvalue weighted by Gasteiger charge is 2.31. The maximum Gasteiger partial charge on any atom is 0.416 e. The number of aryl methyl sites for hydroxylation is 1. The molecule has 1 aromatic heterocycles. The predicted molar refractivity (Wildman–Crippen MR) is 117 cm³/mol. The van der Waals surface area contributed by atoms with Crippen LogP contribution in [0.25, 0.3) is 5.69 Å². The van der Waals surface area contributed by atoms with E-state index in [1.165, 1.54) is 0 Å². The first kappa shape index (κ1) is 25.0. The smallest absolute Gasteiger partial charge is 0.318 e. The van der Waals surface area contributed by atoms with Crippen LogP contribution in [0.5, 0.6) is 0 Å². The normalized spacial score (nSPS) is 11.8. The summed E-state index contributed by atoms with van der Waals surface area (Å²) in [6.07, 6.45) is -4.72. The quantitative estimate of drug-likeness (QED) is 0.458. The fourth-order valence-electron chi connectivity index (χ4n) is 3.29. The van der Waals surface area contributed by atoms with Gasteiger partial charge >= 0.3 is 6.18 Å². The monoisotopic (exact) mass is 494 g/mol. The third-order valence-corrected chi connectivity index (χ3v) is 6.30. The van der Waals surface area contributed by atoms with Gasteiger partial charge in [0.2, 0.25) is 10.0 Å². The van der Waals surface area contributed by atoms with Gasteiger partial charge in [-0.25, -0.2) is 13.1 Å². The lowest BCUT2D eigenvalue weighted by Crippen LogP contribution is -2.46. The van der Waals surface area contributed by atoms with Gasteiger partial charge in [0.05, 0.1) is 22.6 Å². The minimum atomic E-state index is -4.72. The number of halogens is 3. The molecule has 0 aliphatic heterocycles. The van der Waals surface area contributed by atoms with Crippen molar-refractivity contribution in [1.82, 2.24) is 20.1 Å². The number of carbonyl (C=O) groups is 2. The zero-order valence-corrected chi connectivity index (χ0v) is 18.9. The summed E-state index contributed by atoms with van der Waals surface area (Å²) in [6, 6.07) is 14.1. The SMILES string of the molecule is Cc1cc(C(=O)NNC(=O)CNS(=O)(=O)c2cccc(C(F)(F)F)c2)c(C)n1-c1ccccc1. The van der Waals surface area contributed by atoms with Crippen LogP contribution in [0.3, 0.4) is 0 Å². The third kappa shape index (κ3) is 5.64. The van der Waals surface area contributed by atoms with Gasteiger partial charge in [-0.2, -0.15) is 13.2 Å². The van der Waals surface area contributed by atoms with E-state index in [2.05, 4.69) is 10.9 Å². The molecule has 3 N–H and O–H groups in total. The van der Waals surface area contributed by atoms with E-state index in [1.807, 2.05) is 46.5 Å². The number of sulfonamides is 1. The molecule has 3 rings (SSSR count). The minimum Gasteiger partial charge on any atom is -0.318 e. The van der Waals surface area contributed by atoms with Crippen LogP contribution in [-0.4, -0.2) is 31.3 Å². The summed E-state index contributed by atoms with van der Waals surface area (Å²) in [4.78, 5) is 23.9. The second kappa shape index (κ2) is 9.69. The Morgan fingerprint density at radius 3 is 2.26 bits per heavy atom. The van der Waals surface area contributed by atoms with Crippen LogP contribution in [-0.2, 0) is 21.0 Å². The minimum absolute atomic E-state index is 0.297. The zero-order chi connectivity index (χ0) is 25.1. The number of amides is 2. The summed E-state index contributed by atoms with van der Waals surface area (Å²) in [6.45, 7) is 2.75. The molecule has 0 fully saturated rings. The summed E-state index contributed by atoms with van der Waals surface area (Å²) in [5.41, 5.74) is 5.70. The molecule has 0 bridgehead atoms. The maximum absolute atomic E-state index is 12.8. The number of para-hydroxylation sites is 1. The number of alkyl halides is 3. The molecule has 0 aliphatic rings. The van der Waals surface area contributed by atoms with Crippen molar-refractivity contribution in [2.75, 3.05) is 6.54 Å². The van der Waals surface area contributed by atoms with Crippen molar-refractivity contribution in [3.8, 4) is 5.69 Å². The standard InChI is InChI=1S/C22H21F3N4O4S/c1-14-11-19(15(2)29(14)17-8-4-3-5-9-17)21(31)28-27-20(30)13-26-34(32,33)18-10-6-7-16(12-18)22(23,24)25/h3-12,26H,13H2,1-2H3,(H,27,30)(H,28,31). The van der Waals surface area contributed by atoms with Crippen molar-refractivity contribution in [3.63, 3.8) is 0 Å². The lowest BCUT2D eigenvalue weighted by Gasteiger charge is -2.11. The Hall–Kier alpha value is -3.64. The Kier molecular flexibility index (Phi) is 7.12. The van der Waals surface area contributed by atoms with Gasteiger partial charge in [0, 0.05) is 17.1 Å². The lowest BCUT2D eigenvalue weighted by molar-refractivity contribution is -0.137. The maximum atomic E-state index is 12.8. The van der Waals surface area contributed by atoms with E-state index < -0.39 is 45.0 Å². The topological polar surface area (TPSA) is 109 Å². The molecular weight excluding hydrogens is 473 g/mol. The first-order chi connectivity index (χ1) is 15.9. The molecule has 12 heteroatoms.